The lowest BCUT2D eigenvalue weighted by atomic mass is 10.0. The lowest BCUT2D eigenvalue weighted by Gasteiger charge is -2.42. The standard InChI is InChI=1S/C25H31ClN4O2/c1-19-7-5-10-21(26)24(19)27-23(31)18-28-13-15-29(16-14-28)22-11-6-12-30(25(22)32)17-20-8-3-2-4-9-20/h2-5,7-10,22H,6,11-18H2,1H3,(H,27,31). The van der Waals surface area contributed by atoms with Crippen LogP contribution in [0.1, 0.15) is 24.0 Å². The molecule has 2 heterocycles. The summed E-state index contributed by atoms with van der Waals surface area (Å²) in [6.45, 7) is 6.92. The highest BCUT2D eigenvalue weighted by molar-refractivity contribution is 6.33. The number of nitrogens with one attached hydrogen (secondary N) is 1. The van der Waals surface area contributed by atoms with E-state index in [-0.39, 0.29) is 17.9 Å². The van der Waals surface area contributed by atoms with Gasteiger partial charge in [-0.25, -0.2) is 0 Å². The molecule has 2 aliphatic rings. The van der Waals surface area contributed by atoms with Gasteiger partial charge in [0.2, 0.25) is 11.8 Å². The molecule has 4 rings (SSSR count). The van der Waals surface area contributed by atoms with Crippen molar-refractivity contribution in [3.8, 4) is 0 Å². The number of piperidine rings is 1. The predicted octanol–water partition coefficient (Wildman–Crippen LogP) is 3.40. The first-order valence-electron chi connectivity index (χ1n) is 11.4. The van der Waals surface area contributed by atoms with E-state index in [4.69, 9.17) is 11.6 Å². The fraction of sp³-hybridized carbons (Fsp3) is 0.440. The molecule has 7 heteroatoms. The molecule has 0 saturated carbocycles. The number of piperazine rings is 1. The quantitative estimate of drug-likeness (QED) is 0.726. The molecule has 2 fully saturated rings. The molecule has 2 aromatic carbocycles. The molecule has 0 spiro atoms. The number of carbonyl (C=O) groups excluding carboxylic acids is 2. The first-order valence-corrected chi connectivity index (χ1v) is 11.7. The minimum atomic E-state index is -0.0579. The van der Waals surface area contributed by atoms with E-state index in [1.165, 1.54) is 5.56 Å². The van der Waals surface area contributed by atoms with Crippen molar-refractivity contribution in [3.63, 3.8) is 0 Å². The summed E-state index contributed by atoms with van der Waals surface area (Å²) in [5.74, 6) is 0.179. The summed E-state index contributed by atoms with van der Waals surface area (Å²) in [5, 5.41) is 3.50. The second-order valence-electron chi connectivity index (χ2n) is 8.70. The van der Waals surface area contributed by atoms with Crippen LogP contribution < -0.4 is 5.32 Å². The van der Waals surface area contributed by atoms with E-state index in [1.54, 1.807) is 6.07 Å². The molecule has 1 N–H and O–H groups in total. The Hall–Kier alpha value is -2.41. The van der Waals surface area contributed by atoms with Crippen molar-refractivity contribution in [2.24, 2.45) is 0 Å². The fourth-order valence-corrected chi connectivity index (χ4v) is 4.89. The van der Waals surface area contributed by atoms with Gasteiger partial charge >= 0.3 is 0 Å². The third-order valence-electron chi connectivity index (χ3n) is 6.42. The molecule has 32 heavy (non-hydrogen) atoms. The van der Waals surface area contributed by atoms with Crippen LogP contribution in [0.15, 0.2) is 48.5 Å². The number of aryl methyl sites for hydroxylation is 1. The minimum absolute atomic E-state index is 0.0470. The van der Waals surface area contributed by atoms with Crippen LogP contribution in [0.5, 0.6) is 0 Å². The summed E-state index contributed by atoms with van der Waals surface area (Å²) in [7, 11) is 0. The van der Waals surface area contributed by atoms with Gasteiger partial charge in [0, 0.05) is 39.3 Å². The lowest BCUT2D eigenvalue weighted by molar-refractivity contribution is -0.142. The Bertz CT molecular complexity index is 924. The number of hydrogen-bond donors (Lipinski definition) is 1. The molecule has 0 aromatic heterocycles. The van der Waals surface area contributed by atoms with Gasteiger partial charge in [-0.1, -0.05) is 54.1 Å². The minimum Gasteiger partial charge on any atom is -0.337 e. The molecule has 2 aromatic rings. The van der Waals surface area contributed by atoms with Crippen LogP contribution in [0.2, 0.25) is 5.02 Å². The second-order valence-corrected chi connectivity index (χ2v) is 9.10. The number of nitrogens with zero attached hydrogens (tertiary/aromatic N) is 3. The van der Waals surface area contributed by atoms with E-state index < -0.39 is 0 Å². The maximum absolute atomic E-state index is 13.1. The van der Waals surface area contributed by atoms with Crippen LogP contribution in [0.3, 0.4) is 0 Å². The topological polar surface area (TPSA) is 55.9 Å². The number of halogens is 1. The van der Waals surface area contributed by atoms with Crippen LogP contribution in [0.4, 0.5) is 5.69 Å². The van der Waals surface area contributed by atoms with Gasteiger partial charge in [-0.15, -0.1) is 0 Å². The van der Waals surface area contributed by atoms with Gasteiger partial charge < -0.3 is 10.2 Å². The van der Waals surface area contributed by atoms with Gasteiger partial charge in [0.15, 0.2) is 0 Å². The highest BCUT2D eigenvalue weighted by Crippen LogP contribution is 2.25. The number of para-hydroxylation sites is 1. The summed E-state index contributed by atoms with van der Waals surface area (Å²) in [4.78, 5) is 32.1. The van der Waals surface area contributed by atoms with E-state index in [2.05, 4.69) is 27.2 Å². The third-order valence-corrected chi connectivity index (χ3v) is 6.73. The molecule has 0 radical (unpaired) electrons. The molecule has 170 valence electrons. The molecular formula is C25H31ClN4O2. The molecule has 2 aliphatic heterocycles. The van der Waals surface area contributed by atoms with E-state index in [1.807, 2.05) is 42.2 Å². The SMILES string of the molecule is Cc1cccc(Cl)c1NC(=O)CN1CCN(C2CCCN(Cc3ccccc3)C2=O)CC1. The zero-order valence-corrected chi connectivity index (χ0v) is 19.4. The molecule has 2 saturated heterocycles. The molecule has 0 bridgehead atoms. The summed E-state index contributed by atoms with van der Waals surface area (Å²) in [6.07, 6.45) is 1.94. The number of amides is 2. The van der Waals surface area contributed by atoms with Crippen molar-refractivity contribution in [3.05, 3.63) is 64.7 Å². The van der Waals surface area contributed by atoms with E-state index in [9.17, 15) is 9.59 Å². The number of likely N-dealkylation sites (tertiary alicyclic amines) is 1. The summed E-state index contributed by atoms with van der Waals surface area (Å²) in [5.41, 5.74) is 2.81. The van der Waals surface area contributed by atoms with Gasteiger partial charge in [0.25, 0.3) is 0 Å². The summed E-state index contributed by atoms with van der Waals surface area (Å²) in [6, 6.07) is 15.7. The van der Waals surface area contributed by atoms with Crippen LogP contribution in [-0.4, -0.2) is 71.8 Å². The lowest BCUT2D eigenvalue weighted by Crippen LogP contribution is -2.58. The Balaban J connectivity index is 1.27. The van der Waals surface area contributed by atoms with Gasteiger partial charge in [0.05, 0.1) is 23.3 Å². The number of carbonyl (C=O) groups is 2. The van der Waals surface area contributed by atoms with Gasteiger partial charge in [-0.05, 0) is 37.0 Å². The van der Waals surface area contributed by atoms with Crippen molar-refractivity contribution < 1.29 is 9.59 Å². The van der Waals surface area contributed by atoms with Crippen molar-refractivity contribution in [1.29, 1.82) is 0 Å². The second kappa shape index (κ2) is 10.5. The van der Waals surface area contributed by atoms with Crippen LogP contribution in [-0.2, 0) is 16.1 Å². The average molecular weight is 455 g/mol. The normalized spacial score (nSPS) is 20.4. The highest BCUT2D eigenvalue weighted by Gasteiger charge is 2.34. The molecule has 0 aliphatic carbocycles. The zero-order chi connectivity index (χ0) is 22.5. The Morgan fingerprint density at radius 3 is 2.50 bits per heavy atom. The van der Waals surface area contributed by atoms with Crippen molar-refractivity contribution in [1.82, 2.24) is 14.7 Å². The van der Waals surface area contributed by atoms with Gasteiger partial charge in [0.1, 0.15) is 0 Å². The fourth-order valence-electron chi connectivity index (χ4n) is 4.62. The van der Waals surface area contributed by atoms with Crippen LogP contribution >= 0.6 is 11.6 Å². The third kappa shape index (κ3) is 5.49. The molecule has 2 amide bonds. The van der Waals surface area contributed by atoms with E-state index in [0.29, 0.717) is 23.8 Å². The Labute approximate surface area is 195 Å². The van der Waals surface area contributed by atoms with Crippen molar-refractivity contribution in [2.75, 3.05) is 44.6 Å². The average Bonchev–Trinajstić information content (AvgIpc) is 2.79. The Kier molecular flexibility index (Phi) is 7.45. The van der Waals surface area contributed by atoms with Gasteiger partial charge in [-0.2, -0.15) is 0 Å². The predicted molar refractivity (Wildman–Crippen MR) is 128 cm³/mol. The first kappa shape index (κ1) is 22.8. The maximum atomic E-state index is 13.1. The summed E-state index contributed by atoms with van der Waals surface area (Å²) < 4.78 is 0. The molecule has 6 nitrogen and oxygen atoms in total. The highest BCUT2D eigenvalue weighted by atomic mass is 35.5. The Morgan fingerprint density at radius 1 is 1.03 bits per heavy atom. The number of benzene rings is 2. The molecular weight excluding hydrogens is 424 g/mol. The largest absolute Gasteiger partial charge is 0.337 e. The van der Waals surface area contributed by atoms with E-state index >= 15 is 0 Å². The van der Waals surface area contributed by atoms with Crippen molar-refractivity contribution in [2.45, 2.75) is 32.4 Å². The van der Waals surface area contributed by atoms with Crippen LogP contribution in [0, 0.1) is 6.92 Å². The zero-order valence-electron chi connectivity index (χ0n) is 18.6. The van der Waals surface area contributed by atoms with Crippen LogP contribution in [0.25, 0.3) is 0 Å². The molecule has 1 atom stereocenters. The van der Waals surface area contributed by atoms with E-state index in [0.717, 1.165) is 51.1 Å². The Morgan fingerprint density at radius 2 is 1.78 bits per heavy atom. The number of hydrogen-bond acceptors (Lipinski definition) is 4. The number of rotatable bonds is 6. The number of anilines is 1. The molecule has 1 unspecified atom stereocenters. The monoisotopic (exact) mass is 454 g/mol. The van der Waals surface area contributed by atoms with Gasteiger partial charge in [-0.3, -0.25) is 19.4 Å². The first-order chi connectivity index (χ1) is 15.5. The van der Waals surface area contributed by atoms with Crippen molar-refractivity contribution >= 4 is 29.1 Å². The summed E-state index contributed by atoms with van der Waals surface area (Å²) >= 11 is 6.23. The smallest absolute Gasteiger partial charge is 0.240 e. The maximum Gasteiger partial charge on any atom is 0.240 e.